The van der Waals surface area contributed by atoms with Crippen LogP contribution in [-0.2, 0) is 6.54 Å². The van der Waals surface area contributed by atoms with Crippen LogP contribution in [0, 0.1) is 0 Å². The Kier molecular flexibility index (Phi) is 4.55. The fourth-order valence-corrected chi connectivity index (χ4v) is 2.66. The Labute approximate surface area is 158 Å². The van der Waals surface area contributed by atoms with Crippen molar-refractivity contribution in [2.75, 3.05) is 10.6 Å². The van der Waals surface area contributed by atoms with E-state index in [0.717, 1.165) is 11.3 Å². The van der Waals surface area contributed by atoms with Gasteiger partial charge in [-0.05, 0) is 46.2 Å². The van der Waals surface area contributed by atoms with Gasteiger partial charge in [0.1, 0.15) is 0 Å². The molecule has 0 aliphatic rings. The maximum absolute atomic E-state index is 6.04. The minimum atomic E-state index is 0.312. The molecule has 0 amide bonds. The van der Waals surface area contributed by atoms with Gasteiger partial charge in [-0.2, -0.15) is 0 Å². The Morgan fingerprint density at radius 3 is 2.31 bits per heavy atom. The number of hydrogen-bond acceptors (Lipinski definition) is 7. The molecule has 26 heavy (non-hydrogen) atoms. The van der Waals surface area contributed by atoms with E-state index >= 15 is 0 Å². The van der Waals surface area contributed by atoms with Crippen LogP contribution in [0.2, 0.25) is 10.0 Å². The van der Waals surface area contributed by atoms with Crippen molar-refractivity contribution in [3.05, 3.63) is 64.1 Å². The maximum Gasteiger partial charge on any atom is 0.245 e. The van der Waals surface area contributed by atoms with E-state index in [1.807, 2.05) is 36.4 Å². The van der Waals surface area contributed by atoms with Crippen molar-refractivity contribution in [2.24, 2.45) is 0 Å². The van der Waals surface area contributed by atoms with Gasteiger partial charge in [-0.15, -0.1) is 0 Å². The highest BCUT2D eigenvalue weighted by Gasteiger charge is 2.13. The number of anilines is 3. The summed E-state index contributed by atoms with van der Waals surface area (Å²) in [7, 11) is 0. The molecule has 0 aliphatic carbocycles. The van der Waals surface area contributed by atoms with Gasteiger partial charge in [-0.25, -0.2) is 14.6 Å². The molecule has 0 radical (unpaired) electrons. The first-order valence-corrected chi connectivity index (χ1v) is 8.44. The fraction of sp³-hybridized carbons (Fsp3) is 0.0588. The van der Waals surface area contributed by atoms with Crippen molar-refractivity contribution in [1.29, 1.82) is 0 Å². The van der Waals surface area contributed by atoms with E-state index in [-0.39, 0.29) is 0 Å². The van der Waals surface area contributed by atoms with E-state index in [9.17, 15) is 0 Å². The van der Waals surface area contributed by atoms with Crippen LogP contribution in [0.3, 0.4) is 0 Å². The van der Waals surface area contributed by atoms with Crippen molar-refractivity contribution in [3.63, 3.8) is 0 Å². The molecule has 2 heterocycles. The Morgan fingerprint density at radius 2 is 1.58 bits per heavy atom. The van der Waals surface area contributed by atoms with Crippen molar-refractivity contribution in [2.45, 2.75) is 6.54 Å². The normalized spacial score (nSPS) is 10.8. The van der Waals surface area contributed by atoms with E-state index in [2.05, 4.69) is 30.9 Å². The Hall–Kier alpha value is -2.90. The fourth-order valence-electron chi connectivity index (χ4n) is 2.34. The highest BCUT2D eigenvalue weighted by molar-refractivity contribution is 6.31. The average Bonchev–Trinajstić information content (AvgIpc) is 3.08. The van der Waals surface area contributed by atoms with Gasteiger partial charge in [-0.1, -0.05) is 41.4 Å². The molecule has 0 spiro atoms. The topological polar surface area (TPSA) is 88.8 Å². The quantitative estimate of drug-likeness (QED) is 0.514. The van der Waals surface area contributed by atoms with E-state index in [0.29, 0.717) is 39.5 Å². The number of nitrogens with zero attached hydrogens (tertiary/aromatic N) is 4. The number of fused-ring (bicyclic) bond motifs is 1. The summed E-state index contributed by atoms with van der Waals surface area (Å²) in [5, 5.41) is 15.2. The van der Waals surface area contributed by atoms with Crippen LogP contribution >= 0.6 is 23.2 Å². The smallest absolute Gasteiger partial charge is 0.245 e. The number of rotatable bonds is 5. The summed E-state index contributed by atoms with van der Waals surface area (Å²) < 4.78 is 4.70. The Morgan fingerprint density at radius 1 is 0.846 bits per heavy atom. The first-order valence-electron chi connectivity index (χ1n) is 7.68. The first kappa shape index (κ1) is 16.6. The van der Waals surface area contributed by atoms with Crippen LogP contribution in [0.5, 0.6) is 0 Å². The largest absolute Gasteiger partial charge is 0.363 e. The number of benzene rings is 2. The molecule has 9 heteroatoms. The zero-order valence-electron chi connectivity index (χ0n) is 13.3. The lowest BCUT2D eigenvalue weighted by Gasteiger charge is -2.12. The lowest BCUT2D eigenvalue weighted by atomic mass is 10.2. The van der Waals surface area contributed by atoms with Crippen molar-refractivity contribution < 1.29 is 4.63 Å². The van der Waals surface area contributed by atoms with E-state index in [1.165, 1.54) is 0 Å². The van der Waals surface area contributed by atoms with Gasteiger partial charge in [0.05, 0.1) is 0 Å². The summed E-state index contributed by atoms with van der Waals surface area (Å²) in [5.41, 5.74) is 2.45. The van der Waals surface area contributed by atoms with Gasteiger partial charge in [0, 0.05) is 22.3 Å². The van der Waals surface area contributed by atoms with Gasteiger partial charge < -0.3 is 10.6 Å². The standard InChI is InChI=1S/C17H12Cl2N6O/c18-11-6-4-10(5-7-11)9-20-14-15(21-13-3-1-2-12(19)8-13)23-17-16(22-14)24-26-25-17/h1-8H,9H2,(H,20,22,24)(H,21,23,25). The molecule has 0 unspecified atom stereocenters. The van der Waals surface area contributed by atoms with Crippen molar-refractivity contribution >= 4 is 51.8 Å². The highest BCUT2D eigenvalue weighted by atomic mass is 35.5. The summed E-state index contributed by atoms with van der Waals surface area (Å²) in [4.78, 5) is 8.84. The molecule has 0 saturated carbocycles. The van der Waals surface area contributed by atoms with Gasteiger partial charge in [0.2, 0.25) is 11.3 Å². The summed E-state index contributed by atoms with van der Waals surface area (Å²) in [5.74, 6) is 1.01. The second-order valence-corrected chi connectivity index (χ2v) is 6.32. The molecule has 7 nitrogen and oxygen atoms in total. The minimum absolute atomic E-state index is 0.312. The Bertz CT molecular complexity index is 1050. The third kappa shape index (κ3) is 3.68. The number of aromatic nitrogens is 4. The SMILES string of the molecule is Clc1ccc(CNc2nc3nonc3nc2Nc2cccc(Cl)c2)cc1. The van der Waals surface area contributed by atoms with E-state index < -0.39 is 0 Å². The molecule has 0 aliphatic heterocycles. The maximum atomic E-state index is 6.04. The number of halogens is 2. The van der Waals surface area contributed by atoms with Crippen LogP contribution in [-0.4, -0.2) is 20.3 Å². The molecule has 4 aromatic rings. The lowest BCUT2D eigenvalue weighted by molar-refractivity contribution is 0.314. The molecule has 0 atom stereocenters. The zero-order valence-corrected chi connectivity index (χ0v) is 14.8. The average molecular weight is 387 g/mol. The van der Waals surface area contributed by atoms with Gasteiger partial charge in [0.25, 0.3) is 0 Å². The van der Waals surface area contributed by atoms with E-state index in [1.54, 1.807) is 12.1 Å². The highest BCUT2D eigenvalue weighted by Crippen LogP contribution is 2.25. The van der Waals surface area contributed by atoms with Gasteiger partial charge in [0.15, 0.2) is 11.6 Å². The minimum Gasteiger partial charge on any atom is -0.363 e. The van der Waals surface area contributed by atoms with Crippen molar-refractivity contribution in [3.8, 4) is 0 Å². The summed E-state index contributed by atoms with van der Waals surface area (Å²) in [6, 6.07) is 14.8. The first-order chi connectivity index (χ1) is 12.7. The van der Waals surface area contributed by atoms with Crippen molar-refractivity contribution in [1.82, 2.24) is 20.3 Å². The molecule has 2 N–H and O–H groups in total. The van der Waals surface area contributed by atoms with Crippen LogP contribution < -0.4 is 10.6 Å². The zero-order chi connectivity index (χ0) is 17.9. The summed E-state index contributed by atoms with van der Waals surface area (Å²) in [6.07, 6.45) is 0. The van der Waals surface area contributed by atoms with Crippen LogP contribution in [0.15, 0.2) is 53.2 Å². The third-order valence-corrected chi connectivity index (χ3v) is 4.06. The van der Waals surface area contributed by atoms with Gasteiger partial charge >= 0.3 is 0 Å². The number of nitrogens with one attached hydrogen (secondary N) is 2. The monoisotopic (exact) mass is 386 g/mol. The lowest BCUT2D eigenvalue weighted by Crippen LogP contribution is -2.07. The predicted octanol–water partition coefficient (Wildman–Crippen LogP) is 4.68. The summed E-state index contributed by atoms with van der Waals surface area (Å²) >= 11 is 12.0. The molecule has 0 bridgehead atoms. The second kappa shape index (κ2) is 7.15. The number of hydrogen-bond donors (Lipinski definition) is 2. The molecular weight excluding hydrogens is 375 g/mol. The van der Waals surface area contributed by atoms with Gasteiger partial charge in [-0.3, -0.25) is 0 Å². The molecule has 130 valence electrons. The third-order valence-electron chi connectivity index (χ3n) is 3.57. The predicted molar refractivity (Wildman–Crippen MR) is 101 cm³/mol. The molecule has 0 fully saturated rings. The van der Waals surface area contributed by atoms with Crippen LogP contribution in [0.25, 0.3) is 11.3 Å². The summed E-state index contributed by atoms with van der Waals surface area (Å²) in [6.45, 7) is 0.535. The molecule has 2 aromatic carbocycles. The van der Waals surface area contributed by atoms with Crippen LogP contribution in [0.4, 0.5) is 17.3 Å². The molecule has 0 saturated heterocycles. The molecular formula is C17H12Cl2N6O. The van der Waals surface area contributed by atoms with E-state index in [4.69, 9.17) is 27.8 Å². The second-order valence-electron chi connectivity index (χ2n) is 5.45. The Balaban J connectivity index is 1.64. The van der Waals surface area contributed by atoms with Crippen LogP contribution in [0.1, 0.15) is 5.56 Å². The molecule has 2 aromatic heterocycles. The molecule has 4 rings (SSSR count).